The smallest absolute Gasteiger partial charge is 0.462 e. The van der Waals surface area contributed by atoms with Gasteiger partial charge >= 0.3 is 19.8 Å². The molecule has 0 rings (SSSR count). The van der Waals surface area contributed by atoms with Gasteiger partial charge in [0.1, 0.15) is 19.8 Å². The molecule has 10 heteroatoms. The van der Waals surface area contributed by atoms with Crippen LogP contribution in [0.25, 0.3) is 0 Å². The summed E-state index contributed by atoms with van der Waals surface area (Å²) in [4.78, 5) is 35.9. The minimum Gasteiger partial charge on any atom is -0.462 e. The quantitative estimate of drug-likeness (QED) is 0.0211. The second kappa shape index (κ2) is 67.0. The van der Waals surface area contributed by atoms with Gasteiger partial charge in [-0.1, -0.05) is 294 Å². The maximum absolute atomic E-state index is 12.9. The Labute approximate surface area is 541 Å². The second-order valence-corrected chi connectivity index (χ2v) is 25.6. The first-order valence-electron chi connectivity index (χ1n) is 35.2. The van der Waals surface area contributed by atoms with Gasteiger partial charge in [-0.3, -0.25) is 18.6 Å². The molecule has 88 heavy (non-hydrogen) atoms. The van der Waals surface area contributed by atoms with Crippen molar-refractivity contribution >= 4 is 19.8 Å². The van der Waals surface area contributed by atoms with Crippen molar-refractivity contribution in [1.29, 1.82) is 0 Å². The Morgan fingerprint density at radius 3 is 0.909 bits per heavy atom. The van der Waals surface area contributed by atoms with E-state index in [1.807, 2.05) is 21.1 Å². The number of hydrogen-bond acceptors (Lipinski definition) is 7. The molecule has 0 aliphatic rings. The van der Waals surface area contributed by atoms with E-state index in [0.717, 1.165) is 128 Å². The summed E-state index contributed by atoms with van der Waals surface area (Å²) in [5, 5.41) is 0. The average molecular weight is 1240 g/mol. The molecular weight excluding hydrogens is 1110 g/mol. The second-order valence-electron chi connectivity index (χ2n) is 24.2. The number of unbranched alkanes of at least 4 members (excludes halogenated alkanes) is 23. The molecule has 0 saturated heterocycles. The van der Waals surface area contributed by atoms with Crippen LogP contribution in [0.5, 0.6) is 0 Å². The Hall–Kier alpha value is -4.37. The average Bonchev–Trinajstić information content (AvgIpc) is 3.68. The molecule has 0 spiro atoms. The number of allylic oxidation sites excluding steroid dienone is 26. The van der Waals surface area contributed by atoms with Gasteiger partial charge < -0.3 is 18.9 Å². The molecule has 2 unspecified atom stereocenters. The van der Waals surface area contributed by atoms with Crippen LogP contribution in [0.15, 0.2) is 158 Å². The summed E-state index contributed by atoms with van der Waals surface area (Å²) in [6, 6.07) is 0. The van der Waals surface area contributed by atoms with Crippen molar-refractivity contribution in [2.75, 3.05) is 47.5 Å². The number of hydrogen-bond donors (Lipinski definition) is 1. The van der Waals surface area contributed by atoms with Crippen molar-refractivity contribution in [3.8, 4) is 0 Å². The fourth-order valence-electron chi connectivity index (χ4n) is 9.24. The first kappa shape index (κ1) is 83.6. The summed E-state index contributed by atoms with van der Waals surface area (Å²) in [5.74, 6) is -0.809. The number of nitrogens with zero attached hydrogens (tertiary/aromatic N) is 1. The van der Waals surface area contributed by atoms with Gasteiger partial charge in [0.2, 0.25) is 0 Å². The first-order chi connectivity index (χ1) is 43.0. The van der Waals surface area contributed by atoms with E-state index in [1.165, 1.54) is 109 Å². The zero-order valence-electron chi connectivity index (χ0n) is 56.9. The van der Waals surface area contributed by atoms with Crippen LogP contribution in [0, 0.1) is 0 Å². The first-order valence-corrected chi connectivity index (χ1v) is 36.7. The number of phosphoric acid groups is 1. The molecular formula is C78H131NO8P+. The predicted octanol–water partition coefficient (Wildman–Crippen LogP) is 23.2. The number of esters is 2. The molecule has 0 aromatic carbocycles. The summed E-state index contributed by atoms with van der Waals surface area (Å²) >= 11 is 0. The van der Waals surface area contributed by atoms with Crippen molar-refractivity contribution in [1.82, 2.24) is 0 Å². The fourth-order valence-corrected chi connectivity index (χ4v) is 9.98. The maximum atomic E-state index is 12.9. The van der Waals surface area contributed by atoms with E-state index >= 15 is 0 Å². The van der Waals surface area contributed by atoms with Gasteiger partial charge in [-0.15, -0.1) is 0 Å². The monoisotopic (exact) mass is 1240 g/mol. The lowest BCUT2D eigenvalue weighted by atomic mass is 10.0. The van der Waals surface area contributed by atoms with Crippen LogP contribution in [0.3, 0.4) is 0 Å². The number of carbonyl (C=O) groups excluding carboxylic acids is 2. The topological polar surface area (TPSA) is 108 Å². The van der Waals surface area contributed by atoms with Crippen LogP contribution in [0.2, 0.25) is 0 Å². The van der Waals surface area contributed by atoms with Gasteiger partial charge in [-0.05, 0) is 122 Å². The molecule has 0 aromatic rings. The van der Waals surface area contributed by atoms with Gasteiger partial charge in [-0.25, -0.2) is 4.57 Å². The lowest BCUT2D eigenvalue weighted by Crippen LogP contribution is -2.37. The number of phosphoric ester groups is 1. The standard InChI is InChI=1S/C78H130NO8P/c1-6-8-10-12-14-16-18-20-22-24-26-28-30-32-34-35-36-37-38-39-40-41-42-43-45-47-49-51-53-55-57-59-61-63-65-67-69-71-78(81)87-76(75-86-88(82,83)85-73-72-79(3,4)5)74-84-77(80)70-68-66-64-62-60-58-56-54-52-50-48-46-44-33-31-29-27-25-23-21-19-17-15-13-11-9-7-2/h8-11,14-17,20-23,26-29,32,34,36-37,39-40,42-43,47,49,76H,6-7,12-13,18-19,24-25,30-31,33,35,38,41,44-46,48,50-75H2,1-5H3/p+1/b10-8-,11-9-,16-14-,17-15-,22-20-,23-21-,28-26-,29-27-,34-32-,37-36-,40-39-,43-42-,49-47-. The molecule has 0 aromatic heterocycles. The molecule has 500 valence electrons. The summed E-state index contributed by atoms with van der Waals surface area (Å²) < 4.78 is 34.7. The van der Waals surface area contributed by atoms with Gasteiger partial charge in [0.05, 0.1) is 27.7 Å². The number of likely N-dealkylation sites (N-methyl/N-ethyl adjacent to an activating group) is 1. The maximum Gasteiger partial charge on any atom is 0.472 e. The van der Waals surface area contributed by atoms with Crippen molar-refractivity contribution in [2.45, 2.75) is 277 Å². The largest absolute Gasteiger partial charge is 0.472 e. The Morgan fingerprint density at radius 1 is 0.352 bits per heavy atom. The van der Waals surface area contributed by atoms with Crippen LogP contribution < -0.4 is 0 Å². The van der Waals surface area contributed by atoms with Crippen LogP contribution in [0.4, 0.5) is 0 Å². The molecule has 1 N–H and O–H groups in total. The van der Waals surface area contributed by atoms with Crippen LogP contribution in [0.1, 0.15) is 271 Å². The predicted molar refractivity (Wildman–Crippen MR) is 380 cm³/mol. The third-order valence-corrected chi connectivity index (χ3v) is 15.5. The lowest BCUT2D eigenvalue weighted by Gasteiger charge is -2.24. The molecule has 0 bridgehead atoms. The molecule has 0 fully saturated rings. The van der Waals surface area contributed by atoms with Crippen LogP contribution >= 0.6 is 7.82 Å². The van der Waals surface area contributed by atoms with E-state index in [4.69, 9.17) is 18.5 Å². The highest BCUT2D eigenvalue weighted by Gasteiger charge is 2.27. The Balaban J connectivity index is 4.11. The summed E-state index contributed by atoms with van der Waals surface area (Å²) in [6.07, 6.45) is 101. The molecule has 0 amide bonds. The highest BCUT2D eigenvalue weighted by Crippen LogP contribution is 2.43. The zero-order valence-corrected chi connectivity index (χ0v) is 57.8. The summed E-state index contributed by atoms with van der Waals surface area (Å²) in [7, 11) is 1.46. The Kier molecular flexibility index (Phi) is 63.7. The van der Waals surface area contributed by atoms with Crippen LogP contribution in [-0.2, 0) is 32.7 Å². The van der Waals surface area contributed by atoms with E-state index in [9.17, 15) is 19.0 Å². The number of ether oxygens (including phenoxy) is 2. The molecule has 9 nitrogen and oxygen atoms in total. The van der Waals surface area contributed by atoms with Gasteiger partial charge in [-0.2, -0.15) is 0 Å². The molecule has 0 radical (unpaired) electrons. The molecule has 0 aliphatic heterocycles. The van der Waals surface area contributed by atoms with E-state index < -0.39 is 26.5 Å². The van der Waals surface area contributed by atoms with Gasteiger partial charge in [0.15, 0.2) is 6.10 Å². The molecule has 0 heterocycles. The van der Waals surface area contributed by atoms with Crippen molar-refractivity contribution < 1.29 is 42.1 Å². The van der Waals surface area contributed by atoms with Crippen molar-refractivity contribution in [2.24, 2.45) is 0 Å². The summed E-state index contributed by atoms with van der Waals surface area (Å²) in [6.45, 7) is 4.20. The Morgan fingerprint density at radius 2 is 0.614 bits per heavy atom. The minimum atomic E-state index is -4.40. The molecule has 0 saturated carbocycles. The van der Waals surface area contributed by atoms with E-state index in [-0.39, 0.29) is 32.0 Å². The SMILES string of the molecule is CC/C=C\C/C=C\C/C=C\C/C=C\C/C=C\C/C=C\C/C=C\C/C=C\C/C=C\CCCCCCCCCCCC(=O)OC(COC(=O)CCCCCCCCCCCCCCCC/C=C\C/C=C\C/C=C\C/C=C\CC)COP(=O)(O)OCC[N+](C)(C)C. The fraction of sp³-hybridized carbons (Fsp3) is 0.641. The van der Waals surface area contributed by atoms with E-state index in [2.05, 4.69) is 172 Å². The van der Waals surface area contributed by atoms with Gasteiger partial charge in [0.25, 0.3) is 0 Å². The minimum absolute atomic E-state index is 0.0232. The summed E-state index contributed by atoms with van der Waals surface area (Å²) in [5.41, 5.74) is 0. The lowest BCUT2D eigenvalue weighted by molar-refractivity contribution is -0.870. The third-order valence-electron chi connectivity index (χ3n) is 14.6. The van der Waals surface area contributed by atoms with E-state index in [1.54, 1.807) is 0 Å². The van der Waals surface area contributed by atoms with E-state index in [0.29, 0.717) is 17.4 Å². The highest BCUT2D eigenvalue weighted by molar-refractivity contribution is 7.47. The molecule has 2 atom stereocenters. The zero-order chi connectivity index (χ0) is 64.1. The number of carbonyl (C=O) groups is 2. The number of rotatable bonds is 63. The number of quaternary nitrogens is 1. The normalized spacial score (nSPS) is 14.1. The Bertz CT molecular complexity index is 2040. The van der Waals surface area contributed by atoms with Gasteiger partial charge in [0, 0.05) is 12.8 Å². The van der Waals surface area contributed by atoms with Crippen LogP contribution in [-0.4, -0.2) is 74.9 Å². The van der Waals surface area contributed by atoms with Crippen molar-refractivity contribution in [3.63, 3.8) is 0 Å². The highest BCUT2D eigenvalue weighted by atomic mass is 31.2. The third kappa shape index (κ3) is 70.7. The molecule has 0 aliphatic carbocycles. The van der Waals surface area contributed by atoms with Crippen molar-refractivity contribution in [3.05, 3.63) is 158 Å².